The highest BCUT2D eigenvalue weighted by Crippen LogP contribution is 2.20. The summed E-state index contributed by atoms with van der Waals surface area (Å²) in [7, 11) is 0. The first-order chi connectivity index (χ1) is 36.9. The van der Waals surface area contributed by atoms with Crippen molar-refractivity contribution in [2.45, 2.75) is 34.6 Å². The van der Waals surface area contributed by atoms with Crippen LogP contribution in [0.3, 0.4) is 0 Å². The molecule has 0 amide bonds. The third-order valence-electron chi connectivity index (χ3n) is 6.87. The molecule has 0 aromatic heterocycles. The summed E-state index contributed by atoms with van der Waals surface area (Å²) in [5.74, 6) is -9.58. The maximum Gasteiger partial charge on any atom is 0.330 e. The molecule has 0 rings (SSSR count). The van der Waals surface area contributed by atoms with Crippen LogP contribution in [0.5, 0.6) is 0 Å². The zero-order valence-electron chi connectivity index (χ0n) is 45.9. The Morgan fingerprint density at radius 2 is 0.370 bits per heavy atom. The van der Waals surface area contributed by atoms with E-state index in [1.165, 1.54) is 34.6 Å². The van der Waals surface area contributed by atoms with Gasteiger partial charge in [0.15, 0.2) is 0 Å². The van der Waals surface area contributed by atoms with Crippen molar-refractivity contribution in [3.8, 4) is 0 Å². The number of aliphatic hydroxyl groups excluding tert-OH is 10. The topological polar surface area (TPSA) is 585 Å². The lowest BCUT2D eigenvalue weighted by atomic mass is 9.91. The first-order valence-electron chi connectivity index (χ1n) is 21.3. The van der Waals surface area contributed by atoms with Crippen LogP contribution in [0.2, 0.25) is 0 Å². The normalized spacial score (nSPS) is 8.83. The van der Waals surface area contributed by atoms with Gasteiger partial charge in [-0.2, -0.15) is 0 Å². The van der Waals surface area contributed by atoms with E-state index < -0.39 is 142 Å². The highest BCUT2D eigenvalue weighted by molar-refractivity contribution is 5.86. The van der Waals surface area contributed by atoms with Crippen molar-refractivity contribution in [2.24, 2.45) is 16.2 Å². The molecule has 81 heavy (non-hydrogen) atoms. The van der Waals surface area contributed by atoms with Gasteiger partial charge in [0.1, 0.15) is 0 Å². The van der Waals surface area contributed by atoms with Crippen LogP contribution in [0.1, 0.15) is 34.6 Å². The van der Waals surface area contributed by atoms with Gasteiger partial charge in [-0.1, -0.05) is 65.8 Å². The summed E-state index contributed by atoms with van der Waals surface area (Å²) in [4.78, 5) is 94.2. The van der Waals surface area contributed by atoms with Gasteiger partial charge < -0.3 is 107 Å². The minimum Gasteiger partial charge on any atom is -0.478 e. The molecule has 0 saturated heterocycles. The van der Waals surface area contributed by atoms with Crippen LogP contribution in [-0.2, 0) is 52.7 Å². The van der Waals surface area contributed by atoms with Crippen molar-refractivity contribution in [3.05, 3.63) is 124 Å². The summed E-state index contributed by atoms with van der Waals surface area (Å²) in [6, 6.07) is 0. The molecule has 0 aliphatic heterocycles. The quantitative estimate of drug-likeness (QED) is 0.0536. The Labute approximate surface area is 467 Å². The average Bonchev–Trinajstić information content (AvgIpc) is 3.41. The molecule has 0 spiro atoms. The number of ether oxygens (including phenoxy) is 1. The molecule has 0 unspecified atom stereocenters. The average molecular weight is 1180 g/mol. The van der Waals surface area contributed by atoms with E-state index in [9.17, 15) is 47.9 Å². The molecule has 0 aliphatic rings. The van der Waals surface area contributed by atoms with Crippen LogP contribution in [0, 0.1) is 16.2 Å². The summed E-state index contributed by atoms with van der Waals surface area (Å²) >= 11 is 0. The van der Waals surface area contributed by atoms with Crippen molar-refractivity contribution in [1.82, 2.24) is 0 Å². The number of hydrogen-bond acceptors (Lipinski definition) is 21. The van der Waals surface area contributed by atoms with E-state index in [0.717, 1.165) is 30.4 Å². The van der Waals surface area contributed by atoms with Crippen LogP contribution in [0.25, 0.3) is 0 Å². The molecule has 0 atom stereocenters. The second kappa shape index (κ2) is 67.8. The monoisotopic (exact) mass is 1180 g/mol. The molecule has 31 heteroatoms. The lowest BCUT2D eigenvalue weighted by Crippen LogP contribution is -2.43. The molecule has 0 aromatic carbocycles. The number of carbonyl (C=O) groups is 10. The highest BCUT2D eigenvalue weighted by Gasteiger charge is 2.33. The summed E-state index contributed by atoms with van der Waals surface area (Å²) in [5, 5.41) is 166. The summed E-state index contributed by atoms with van der Waals surface area (Å²) in [5.41, 5.74) is -2.55. The van der Waals surface area contributed by atoms with E-state index in [4.69, 9.17) is 107 Å². The predicted octanol–water partition coefficient (Wildman–Crippen LogP) is -0.608. The summed E-state index contributed by atoms with van der Waals surface area (Å²) < 4.78 is 5.15. The number of carboxylic acid groups (broad SMARTS) is 10. The standard InChI is InChI=1S/C10H22O7.C5H12O4.5C4H6O2.5C3H4O2/c11-1-9(2-12,3-13)7-17-8-10(4-14,5-15)6-16;6-1-5(2-7,3-8)4-9;5*1-3(2)4(5)6;5*1-2-3(4)5/h11-16H,1-8H2;6-9H,1-4H2;5*1H2,2H3,(H,5,6);5*2H,1H2,(H,4,5). The molecule has 0 fully saturated rings. The molecule has 20 N–H and O–H groups in total. The molecule has 31 nitrogen and oxygen atoms in total. The van der Waals surface area contributed by atoms with Gasteiger partial charge in [-0.3, -0.25) is 0 Å². The maximum absolute atomic E-state index is 9.60. The van der Waals surface area contributed by atoms with Crippen molar-refractivity contribution in [3.63, 3.8) is 0 Å². The smallest absolute Gasteiger partial charge is 0.330 e. The molecule has 470 valence electrons. The SMILES string of the molecule is C=C(C)C(=O)O.C=C(C)C(=O)O.C=C(C)C(=O)O.C=C(C)C(=O)O.C=C(C)C(=O)O.C=CC(=O)O.C=CC(=O)O.C=CC(=O)O.C=CC(=O)O.C=CC(=O)O.OCC(CO)(CO)CO.OCC(CO)(CO)COCC(CO)(CO)CO. The Morgan fingerprint density at radius 3 is 0.407 bits per heavy atom. The second-order valence-electron chi connectivity index (χ2n) is 14.7. The molecular weight excluding hydrogens is 1100 g/mol. The van der Waals surface area contributed by atoms with Gasteiger partial charge in [0.05, 0.1) is 95.5 Å². The lowest BCUT2D eigenvalue weighted by Gasteiger charge is -2.31. The Balaban J connectivity index is -0.0000000661. The van der Waals surface area contributed by atoms with Crippen LogP contribution in [-0.4, -0.2) is 241 Å². The third-order valence-corrected chi connectivity index (χ3v) is 6.87. The van der Waals surface area contributed by atoms with E-state index in [1.54, 1.807) is 0 Å². The lowest BCUT2D eigenvalue weighted by molar-refractivity contribution is -0.133. The zero-order chi connectivity index (χ0) is 67.9. The predicted molar refractivity (Wildman–Crippen MR) is 290 cm³/mol. The molecule has 0 saturated carbocycles. The Hall–Kier alpha value is -8.34. The van der Waals surface area contributed by atoms with Crippen LogP contribution >= 0.6 is 0 Å². The molecule has 0 aliphatic carbocycles. The molecule has 0 heterocycles. The Morgan fingerprint density at radius 1 is 0.284 bits per heavy atom. The van der Waals surface area contributed by atoms with Gasteiger partial charge >= 0.3 is 59.7 Å². The summed E-state index contributed by atoms with van der Waals surface area (Å²) in [6.07, 6.45) is 4.17. The molecular formula is C50H84O31. The fourth-order valence-corrected chi connectivity index (χ4v) is 1.36. The number of aliphatic hydroxyl groups is 10. The molecule has 0 radical (unpaired) electrons. The Bertz CT molecular complexity index is 1560. The fourth-order valence-electron chi connectivity index (χ4n) is 1.36. The van der Waals surface area contributed by atoms with E-state index in [2.05, 4.69) is 65.8 Å². The second-order valence-corrected chi connectivity index (χ2v) is 14.7. The van der Waals surface area contributed by atoms with Crippen LogP contribution < -0.4 is 0 Å². The minimum absolute atomic E-state index is 0.141. The van der Waals surface area contributed by atoms with Gasteiger partial charge in [0.2, 0.25) is 0 Å². The largest absolute Gasteiger partial charge is 0.478 e. The van der Waals surface area contributed by atoms with E-state index in [-0.39, 0.29) is 41.1 Å². The third kappa shape index (κ3) is 97.7. The zero-order valence-corrected chi connectivity index (χ0v) is 45.9. The van der Waals surface area contributed by atoms with Gasteiger partial charge in [-0.05, 0) is 34.6 Å². The van der Waals surface area contributed by atoms with Crippen molar-refractivity contribution in [2.75, 3.05) is 79.3 Å². The Kier molecular flexibility index (Phi) is 84.8. The van der Waals surface area contributed by atoms with Gasteiger partial charge in [0, 0.05) is 58.2 Å². The van der Waals surface area contributed by atoms with E-state index in [1.807, 2.05) is 0 Å². The number of aliphatic carboxylic acids is 10. The van der Waals surface area contributed by atoms with Gasteiger partial charge in [0.25, 0.3) is 0 Å². The first kappa shape index (κ1) is 101. The van der Waals surface area contributed by atoms with Crippen LogP contribution in [0.4, 0.5) is 0 Å². The van der Waals surface area contributed by atoms with Gasteiger partial charge in [-0.15, -0.1) is 0 Å². The molecule has 0 aromatic rings. The van der Waals surface area contributed by atoms with Gasteiger partial charge in [-0.25, -0.2) is 47.9 Å². The number of rotatable bonds is 24. The minimum atomic E-state index is -1.16. The number of carboxylic acids is 10. The first-order valence-corrected chi connectivity index (χ1v) is 21.3. The summed E-state index contributed by atoms with van der Waals surface area (Å²) in [6.45, 7) is 33.2. The number of hydrogen-bond donors (Lipinski definition) is 20. The maximum atomic E-state index is 9.60. The fraction of sp³-hybridized carbons (Fsp3) is 0.400. The highest BCUT2D eigenvalue weighted by atomic mass is 16.5. The van der Waals surface area contributed by atoms with E-state index >= 15 is 0 Å². The molecule has 0 bridgehead atoms. The van der Waals surface area contributed by atoms with Crippen molar-refractivity contribution < 1.29 is 155 Å². The van der Waals surface area contributed by atoms with Crippen molar-refractivity contribution >= 4 is 59.7 Å². The van der Waals surface area contributed by atoms with Crippen molar-refractivity contribution in [1.29, 1.82) is 0 Å². The van der Waals surface area contributed by atoms with E-state index in [0.29, 0.717) is 0 Å². The van der Waals surface area contributed by atoms with Crippen LogP contribution in [0.15, 0.2) is 124 Å².